The molecule has 1 atom stereocenters. The third-order valence-electron chi connectivity index (χ3n) is 5.11. The Kier molecular flexibility index (Phi) is 5.24. The number of anilines is 1. The summed E-state index contributed by atoms with van der Waals surface area (Å²) in [6.07, 6.45) is -0.986. The third-order valence-corrected chi connectivity index (χ3v) is 6.87. The molecule has 1 N–H and O–H groups in total. The van der Waals surface area contributed by atoms with Gasteiger partial charge in [-0.05, 0) is 48.9 Å². The van der Waals surface area contributed by atoms with Gasteiger partial charge in [-0.1, -0.05) is 42.0 Å². The lowest BCUT2D eigenvalue weighted by Crippen LogP contribution is -2.46. The fourth-order valence-corrected chi connectivity index (χ4v) is 4.92. The zero-order chi connectivity index (χ0) is 22.2. The first-order valence-corrected chi connectivity index (χ1v) is 11.0. The number of fused-ring (bicyclic) bond motifs is 1. The summed E-state index contributed by atoms with van der Waals surface area (Å²) < 4.78 is 32.6. The molecule has 1 unspecified atom stereocenters. The smallest absolute Gasteiger partial charge is 0.337 e. The molecule has 0 aromatic heterocycles. The minimum atomic E-state index is -4.17. The molecule has 1 aliphatic heterocycles. The van der Waals surface area contributed by atoms with Crippen LogP contribution in [0.3, 0.4) is 0 Å². The second-order valence-corrected chi connectivity index (χ2v) is 8.94. The molecule has 0 bridgehead atoms. The number of esters is 1. The fourth-order valence-electron chi connectivity index (χ4n) is 3.45. The average molecular weight is 436 g/mol. The molecular weight excluding hydrogens is 416 g/mol. The van der Waals surface area contributed by atoms with Crippen LogP contribution in [0.15, 0.2) is 77.7 Å². The minimum absolute atomic E-state index is 0.0174. The highest BCUT2D eigenvalue weighted by Crippen LogP contribution is 2.37. The van der Waals surface area contributed by atoms with E-state index in [2.05, 4.69) is 5.32 Å². The molecule has 0 radical (unpaired) electrons. The molecule has 158 valence electrons. The molecule has 0 saturated heterocycles. The molecule has 3 aromatic carbocycles. The summed E-state index contributed by atoms with van der Waals surface area (Å²) in [7, 11) is -2.89. The number of amides is 1. The standard InChI is InChI=1S/C23H20N2O5S/c1-15-7-13-18(14-8-15)31(28,29)25-21(16-9-11-17(12-10-16)23(27)30-2)24-20-6-4-3-5-19(20)22(25)26/h3-14,21,24H,1-2H3. The summed E-state index contributed by atoms with van der Waals surface area (Å²) in [5.41, 5.74) is 2.53. The van der Waals surface area contributed by atoms with Crippen LogP contribution in [0.4, 0.5) is 5.69 Å². The number of sulfonamides is 1. The van der Waals surface area contributed by atoms with Crippen molar-refractivity contribution in [2.45, 2.75) is 18.0 Å². The Hall–Kier alpha value is -3.65. The van der Waals surface area contributed by atoms with Crippen molar-refractivity contribution in [3.05, 3.63) is 95.1 Å². The number of para-hydroxylation sites is 1. The molecule has 0 aliphatic carbocycles. The summed E-state index contributed by atoms with van der Waals surface area (Å²) in [4.78, 5) is 25.1. The van der Waals surface area contributed by atoms with Gasteiger partial charge in [0, 0.05) is 5.69 Å². The van der Waals surface area contributed by atoms with E-state index in [0.717, 1.165) is 9.87 Å². The maximum absolute atomic E-state index is 13.5. The van der Waals surface area contributed by atoms with E-state index < -0.39 is 28.1 Å². The van der Waals surface area contributed by atoms with Crippen LogP contribution < -0.4 is 5.32 Å². The average Bonchev–Trinajstić information content (AvgIpc) is 2.78. The molecule has 0 fully saturated rings. The first-order valence-electron chi connectivity index (χ1n) is 9.52. The van der Waals surface area contributed by atoms with Gasteiger partial charge in [-0.15, -0.1) is 0 Å². The Morgan fingerprint density at radius 3 is 2.26 bits per heavy atom. The highest BCUT2D eigenvalue weighted by molar-refractivity contribution is 7.89. The van der Waals surface area contributed by atoms with Gasteiger partial charge in [0.2, 0.25) is 0 Å². The molecule has 8 heteroatoms. The third kappa shape index (κ3) is 3.66. The molecule has 0 saturated carbocycles. The molecule has 7 nitrogen and oxygen atoms in total. The second-order valence-electron chi connectivity index (χ2n) is 7.13. The summed E-state index contributed by atoms with van der Waals surface area (Å²) in [5.74, 6) is -1.13. The molecule has 31 heavy (non-hydrogen) atoms. The van der Waals surface area contributed by atoms with E-state index in [1.807, 2.05) is 6.92 Å². The molecule has 1 aliphatic rings. The van der Waals surface area contributed by atoms with Crippen LogP contribution >= 0.6 is 0 Å². The van der Waals surface area contributed by atoms with E-state index in [1.54, 1.807) is 48.5 Å². The summed E-state index contributed by atoms with van der Waals surface area (Å²) in [6, 6.07) is 19.3. The van der Waals surface area contributed by atoms with E-state index in [-0.39, 0.29) is 10.5 Å². The number of benzene rings is 3. The van der Waals surface area contributed by atoms with Crippen molar-refractivity contribution >= 4 is 27.6 Å². The van der Waals surface area contributed by atoms with Crippen LogP contribution in [0, 0.1) is 6.92 Å². The topological polar surface area (TPSA) is 92.8 Å². The van der Waals surface area contributed by atoms with E-state index >= 15 is 0 Å². The molecule has 4 rings (SSSR count). The monoisotopic (exact) mass is 436 g/mol. The maximum atomic E-state index is 13.5. The van der Waals surface area contributed by atoms with E-state index in [0.29, 0.717) is 16.8 Å². The lowest BCUT2D eigenvalue weighted by Gasteiger charge is -2.37. The number of hydrogen-bond acceptors (Lipinski definition) is 6. The van der Waals surface area contributed by atoms with Crippen LogP contribution in [0.25, 0.3) is 0 Å². The van der Waals surface area contributed by atoms with Crippen molar-refractivity contribution in [3.63, 3.8) is 0 Å². The number of ether oxygens (including phenoxy) is 1. The Bertz CT molecular complexity index is 1250. The predicted octanol–water partition coefficient (Wildman–Crippen LogP) is 3.74. The van der Waals surface area contributed by atoms with Crippen molar-refractivity contribution in [3.8, 4) is 0 Å². The first kappa shape index (κ1) is 20.6. The van der Waals surface area contributed by atoms with Gasteiger partial charge in [0.1, 0.15) is 6.17 Å². The highest BCUT2D eigenvalue weighted by atomic mass is 32.2. The molecule has 0 spiro atoms. The van der Waals surface area contributed by atoms with Gasteiger partial charge in [0.15, 0.2) is 0 Å². The van der Waals surface area contributed by atoms with E-state index in [1.165, 1.54) is 31.4 Å². The summed E-state index contributed by atoms with van der Waals surface area (Å²) in [5, 5.41) is 3.15. The van der Waals surface area contributed by atoms with Gasteiger partial charge in [0.25, 0.3) is 15.9 Å². The lowest BCUT2D eigenvalue weighted by molar-refractivity contribution is 0.0600. The quantitative estimate of drug-likeness (QED) is 0.627. The van der Waals surface area contributed by atoms with E-state index in [4.69, 9.17) is 4.74 Å². The first-order chi connectivity index (χ1) is 14.8. The van der Waals surface area contributed by atoms with Gasteiger partial charge < -0.3 is 10.1 Å². The Balaban J connectivity index is 1.84. The molecule has 3 aromatic rings. The van der Waals surface area contributed by atoms with Gasteiger partial charge >= 0.3 is 5.97 Å². The number of carbonyl (C=O) groups excluding carboxylic acids is 2. The summed E-state index contributed by atoms with van der Waals surface area (Å²) >= 11 is 0. The number of carbonyl (C=O) groups is 2. The Morgan fingerprint density at radius 1 is 0.968 bits per heavy atom. The summed E-state index contributed by atoms with van der Waals surface area (Å²) in [6.45, 7) is 1.85. The number of rotatable bonds is 4. The highest BCUT2D eigenvalue weighted by Gasteiger charge is 2.41. The SMILES string of the molecule is COC(=O)c1ccc(C2Nc3ccccc3C(=O)N2S(=O)(=O)c2ccc(C)cc2)cc1. The van der Waals surface area contributed by atoms with Gasteiger partial charge in [-0.3, -0.25) is 4.79 Å². The fraction of sp³-hybridized carbons (Fsp3) is 0.130. The van der Waals surface area contributed by atoms with Crippen molar-refractivity contribution in [1.29, 1.82) is 0 Å². The molecule has 1 heterocycles. The van der Waals surface area contributed by atoms with Gasteiger partial charge in [-0.25, -0.2) is 17.5 Å². The van der Waals surface area contributed by atoms with Crippen molar-refractivity contribution in [2.24, 2.45) is 0 Å². The normalized spacial score (nSPS) is 15.7. The van der Waals surface area contributed by atoms with Gasteiger partial charge in [0.05, 0.1) is 23.1 Å². The van der Waals surface area contributed by atoms with Crippen LogP contribution in [0.2, 0.25) is 0 Å². The number of methoxy groups -OCH3 is 1. The maximum Gasteiger partial charge on any atom is 0.337 e. The van der Waals surface area contributed by atoms with Crippen LogP contribution in [0.1, 0.15) is 38.0 Å². The number of hydrogen-bond donors (Lipinski definition) is 1. The number of aryl methyl sites for hydroxylation is 1. The zero-order valence-corrected chi connectivity index (χ0v) is 17.7. The van der Waals surface area contributed by atoms with Crippen molar-refractivity contribution in [2.75, 3.05) is 12.4 Å². The molecule has 1 amide bonds. The number of nitrogens with zero attached hydrogens (tertiary/aromatic N) is 1. The van der Waals surface area contributed by atoms with E-state index in [9.17, 15) is 18.0 Å². The Morgan fingerprint density at radius 2 is 1.61 bits per heavy atom. The molecular formula is C23H20N2O5S. The minimum Gasteiger partial charge on any atom is -0.465 e. The van der Waals surface area contributed by atoms with Crippen LogP contribution in [-0.2, 0) is 14.8 Å². The Labute approximate surface area is 180 Å². The largest absolute Gasteiger partial charge is 0.465 e. The number of nitrogens with one attached hydrogen (secondary N) is 1. The van der Waals surface area contributed by atoms with Crippen LogP contribution in [-0.4, -0.2) is 31.7 Å². The second kappa shape index (κ2) is 7.88. The van der Waals surface area contributed by atoms with Crippen molar-refractivity contribution < 1.29 is 22.7 Å². The lowest BCUT2D eigenvalue weighted by atomic mass is 10.0. The predicted molar refractivity (Wildman–Crippen MR) is 115 cm³/mol. The zero-order valence-electron chi connectivity index (χ0n) is 16.9. The van der Waals surface area contributed by atoms with Gasteiger partial charge in [-0.2, -0.15) is 0 Å². The van der Waals surface area contributed by atoms with Crippen molar-refractivity contribution in [1.82, 2.24) is 4.31 Å². The van der Waals surface area contributed by atoms with Crippen LogP contribution in [0.5, 0.6) is 0 Å².